The van der Waals surface area contributed by atoms with Crippen molar-refractivity contribution >= 4 is 15.9 Å². The molecule has 1 fully saturated rings. The lowest BCUT2D eigenvalue weighted by Gasteiger charge is -2.28. The molecule has 1 unspecified atom stereocenters. The number of piperidine rings is 1. The van der Waals surface area contributed by atoms with Crippen LogP contribution in [0.2, 0.25) is 0 Å². The van der Waals surface area contributed by atoms with Crippen LogP contribution in [0, 0.1) is 5.92 Å². The van der Waals surface area contributed by atoms with Gasteiger partial charge in [-0.3, -0.25) is 0 Å². The Morgan fingerprint density at radius 2 is 2.21 bits per heavy atom. The molecule has 76 valence electrons. The van der Waals surface area contributed by atoms with Gasteiger partial charge >= 0.3 is 0 Å². The average molecular weight is 254 g/mol. The molecule has 14 heavy (non-hydrogen) atoms. The van der Waals surface area contributed by atoms with E-state index in [1.165, 1.54) is 22.9 Å². The first-order valence-electron chi connectivity index (χ1n) is 5.24. The molecule has 1 aromatic carbocycles. The number of halogens is 1. The molecule has 0 radical (unpaired) electrons. The minimum atomic E-state index is 0.559. The van der Waals surface area contributed by atoms with E-state index in [2.05, 4.69) is 52.4 Å². The topological polar surface area (TPSA) is 12.0 Å². The number of hydrogen-bond acceptors (Lipinski definition) is 1. The standard InChI is InChI=1S/C12H16BrN/c1-9-5-6-12(14-8-9)10-3-2-4-11(13)7-10/h2-4,7,9,12,14H,5-6,8H2,1H3/t9?,12-/m1/s1. The van der Waals surface area contributed by atoms with E-state index in [4.69, 9.17) is 0 Å². The van der Waals surface area contributed by atoms with Gasteiger partial charge in [0.25, 0.3) is 0 Å². The first-order valence-corrected chi connectivity index (χ1v) is 6.04. The molecule has 2 heteroatoms. The Kier molecular flexibility index (Phi) is 3.24. The average Bonchev–Trinajstić information content (AvgIpc) is 2.19. The lowest BCUT2D eigenvalue weighted by molar-refractivity contribution is 0.333. The van der Waals surface area contributed by atoms with E-state index in [9.17, 15) is 0 Å². The Bertz CT molecular complexity index is 303. The van der Waals surface area contributed by atoms with Crippen molar-refractivity contribution in [2.45, 2.75) is 25.8 Å². The highest BCUT2D eigenvalue weighted by Gasteiger charge is 2.18. The molecule has 0 bridgehead atoms. The van der Waals surface area contributed by atoms with E-state index < -0.39 is 0 Å². The Labute approximate surface area is 94.0 Å². The zero-order valence-corrected chi connectivity index (χ0v) is 10.0. The Hall–Kier alpha value is -0.340. The van der Waals surface area contributed by atoms with Gasteiger partial charge in [-0.05, 0) is 43.0 Å². The minimum Gasteiger partial charge on any atom is -0.310 e. The van der Waals surface area contributed by atoms with Crippen LogP contribution in [-0.2, 0) is 0 Å². The molecule has 2 atom stereocenters. The van der Waals surface area contributed by atoms with Gasteiger partial charge in [0.15, 0.2) is 0 Å². The van der Waals surface area contributed by atoms with Gasteiger partial charge in [0.05, 0.1) is 0 Å². The van der Waals surface area contributed by atoms with Crippen LogP contribution in [0.25, 0.3) is 0 Å². The summed E-state index contributed by atoms with van der Waals surface area (Å²) in [7, 11) is 0. The zero-order valence-electron chi connectivity index (χ0n) is 8.46. The second kappa shape index (κ2) is 4.45. The number of benzene rings is 1. The smallest absolute Gasteiger partial charge is 0.0320 e. The highest BCUT2D eigenvalue weighted by molar-refractivity contribution is 9.10. The van der Waals surface area contributed by atoms with Crippen molar-refractivity contribution in [1.29, 1.82) is 0 Å². The Morgan fingerprint density at radius 1 is 1.36 bits per heavy atom. The van der Waals surface area contributed by atoms with E-state index in [0.29, 0.717) is 6.04 Å². The first kappa shape index (κ1) is 10.2. The molecule has 0 aliphatic carbocycles. The maximum absolute atomic E-state index is 3.59. The molecule has 2 rings (SSSR count). The molecule has 0 spiro atoms. The zero-order chi connectivity index (χ0) is 9.97. The fourth-order valence-corrected chi connectivity index (χ4v) is 2.42. The van der Waals surface area contributed by atoms with E-state index in [1.54, 1.807) is 0 Å². The largest absolute Gasteiger partial charge is 0.310 e. The summed E-state index contributed by atoms with van der Waals surface area (Å²) in [4.78, 5) is 0. The molecule has 1 aromatic rings. The highest BCUT2D eigenvalue weighted by Crippen LogP contribution is 2.26. The lowest BCUT2D eigenvalue weighted by Crippen LogP contribution is -2.31. The van der Waals surface area contributed by atoms with Crippen LogP contribution in [-0.4, -0.2) is 6.54 Å². The summed E-state index contributed by atoms with van der Waals surface area (Å²) in [5.41, 5.74) is 1.41. The summed E-state index contributed by atoms with van der Waals surface area (Å²) in [5.74, 6) is 0.832. The summed E-state index contributed by atoms with van der Waals surface area (Å²) in [6.45, 7) is 3.46. The van der Waals surface area contributed by atoms with Crippen LogP contribution < -0.4 is 5.32 Å². The second-order valence-electron chi connectivity index (χ2n) is 4.20. The van der Waals surface area contributed by atoms with E-state index in [1.807, 2.05) is 0 Å². The van der Waals surface area contributed by atoms with Gasteiger partial charge in [0.2, 0.25) is 0 Å². The minimum absolute atomic E-state index is 0.559. The molecular weight excluding hydrogens is 238 g/mol. The lowest BCUT2D eigenvalue weighted by atomic mass is 9.92. The van der Waals surface area contributed by atoms with E-state index in [0.717, 1.165) is 12.5 Å². The van der Waals surface area contributed by atoms with Crippen molar-refractivity contribution in [1.82, 2.24) is 5.32 Å². The summed E-state index contributed by atoms with van der Waals surface area (Å²) in [5, 5.41) is 3.59. The molecule has 0 aromatic heterocycles. The molecule has 1 saturated heterocycles. The van der Waals surface area contributed by atoms with Crippen LogP contribution in [0.5, 0.6) is 0 Å². The van der Waals surface area contributed by atoms with Crippen molar-refractivity contribution in [2.24, 2.45) is 5.92 Å². The van der Waals surface area contributed by atoms with Crippen molar-refractivity contribution in [2.75, 3.05) is 6.54 Å². The van der Waals surface area contributed by atoms with Crippen molar-refractivity contribution in [3.8, 4) is 0 Å². The maximum Gasteiger partial charge on any atom is 0.0320 e. The van der Waals surface area contributed by atoms with Crippen LogP contribution in [0.4, 0.5) is 0 Å². The van der Waals surface area contributed by atoms with Crippen molar-refractivity contribution < 1.29 is 0 Å². The Morgan fingerprint density at radius 3 is 2.86 bits per heavy atom. The number of nitrogens with one attached hydrogen (secondary N) is 1. The molecular formula is C12H16BrN. The summed E-state index contributed by atoms with van der Waals surface area (Å²) >= 11 is 3.51. The van der Waals surface area contributed by atoms with Gasteiger partial charge in [-0.25, -0.2) is 0 Å². The van der Waals surface area contributed by atoms with Gasteiger partial charge in [0.1, 0.15) is 0 Å². The monoisotopic (exact) mass is 253 g/mol. The van der Waals surface area contributed by atoms with Gasteiger partial charge in [0, 0.05) is 10.5 Å². The van der Waals surface area contributed by atoms with E-state index in [-0.39, 0.29) is 0 Å². The first-order chi connectivity index (χ1) is 6.75. The van der Waals surface area contributed by atoms with Crippen LogP contribution in [0.3, 0.4) is 0 Å². The van der Waals surface area contributed by atoms with Crippen LogP contribution in [0.1, 0.15) is 31.4 Å². The fraction of sp³-hybridized carbons (Fsp3) is 0.500. The third-order valence-corrected chi connectivity index (χ3v) is 3.41. The van der Waals surface area contributed by atoms with E-state index >= 15 is 0 Å². The van der Waals surface area contributed by atoms with Crippen molar-refractivity contribution in [3.05, 3.63) is 34.3 Å². The molecule has 0 saturated carbocycles. The van der Waals surface area contributed by atoms with Gasteiger partial charge in [-0.2, -0.15) is 0 Å². The molecule has 1 N–H and O–H groups in total. The van der Waals surface area contributed by atoms with Gasteiger partial charge < -0.3 is 5.32 Å². The summed E-state index contributed by atoms with van der Waals surface area (Å²) in [6.07, 6.45) is 2.60. The molecule has 1 heterocycles. The SMILES string of the molecule is CC1CC[C@H](c2cccc(Br)c2)NC1. The third-order valence-electron chi connectivity index (χ3n) is 2.91. The predicted molar refractivity (Wildman–Crippen MR) is 63.3 cm³/mol. The molecule has 1 aliphatic rings. The second-order valence-corrected chi connectivity index (χ2v) is 5.11. The third kappa shape index (κ3) is 2.37. The highest BCUT2D eigenvalue weighted by atomic mass is 79.9. The summed E-state index contributed by atoms with van der Waals surface area (Å²) in [6, 6.07) is 9.17. The van der Waals surface area contributed by atoms with Crippen LogP contribution in [0.15, 0.2) is 28.7 Å². The molecule has 1 nitrogen and oxygen atoms in total. The Balaban J connectivity index is 2.08. The molecule has 0 amide bonds. The molecule has 1 aliphatic heterocycles. The van der Waals surface area contributed by atoms with Gasteiger partial charge in [-0.1, -0.05) is 35.0 Å². The van der Waals surface area contributed by atoms with Crippen LogP contribution >= 0.6 is 15.9 Å². The predicted octanol–water partition coefficient (Wildman–Crippen LogP) is 3.51. The number of hydrogen-bond donors (Lipinski definition) is 1. The number of rotatable bonds is 1. The summed E-state index contributed by atoms with van der Waals surface area (Å²) < 4.78 is 1.18. The maximum atomic E-state index is 3.59. The fourth-order valence-electron chi connectivity index (χ4n) is 2.01. The van der Waals surface area contributed by atoms with Crippen molar-refractivity contribution in [3.63, 3.8) is 0 Å². The normalized spacial score (nSPS) is 27.6. The van der Waals surface area contributed by atoms with Gasteiger partial charge in [-0.15, -0.1) is 0 Å². The quantitative estimate of drug-likeness (QED) is 0.808.